The highest BCUT2D eigenvalue weighted by atomic mass is 16.5. The average Bonchev–Trinajstić information content (AvgIpc) is 2.39. The predicted molar refractivity (Wildman–Crippen MR) is 70.9 cm³/mol. The minimum atomic E-state index is -0.749. The van der Waals surface area contributed by atoms with E-state index in [-0.39, 0.29) is 11.8 Å². The Balaban J connectivity index is 2.25. The van der Waals surface area contributed by atoms with Gasteiger partial charge in [0.15, 0.2) is 0 Å². The summed E-state index contributed by atoms with van der Waals surface area (Å²) in [6.07, 6.45) is 1.12. The van der Waals surface area contributed by atoms with Gasteiger partial charge in [-0.1, -0.05) is 0 Å². The van der Waals surface area contributed by atoms with Gasteiger partial charge in [0.05, 0.1) is 19.1 Å². The Morgan fingerprint density at radius 2 is 2.00 bits per heavy atom. The molecule has 1 rings (SSSR count). The van der Waals surface area contributed by atoms with E-state index in [1.165, 1.54) is 0 Å². The molecule has 6 nitrogen and oxygen atoms in total. The maximum atomic E-state index is 12.0. The van der Waals surface area contributed by atoms with Crippen LogP contribution in [0.25, 0.3) is 0 Å². The molecule has 19 heavy (non-hydrogen) atoms. The molecule has 110 valence electrons. The van der Waals surface area contributed by atoms with E-state index in [9.17, 15) is 9.59 Å². The van der Waals surface area contributed by atoms with E-state index in [4.69, 9.17) is 9.84 Å². The standard InChI is InChI=1S/C13H24N2O4/c1-3-19-9-8-14(2)10-12(16)15-6-4-11(5-7-15)13(17)18/h11H,3-10H2,1-2H3,(H,17,18). The van der Waals surface area contributed by atoms with E-state index in [0.29, 0.717) is 45.7 Å². The zero-order chi connectivity index (χ0) is 14.3. The number of amides is 1. The fourth-order valence-electron chi connectivity index (χ4n) is 2.15. The molecule has 0 bridgehead atoms. The van der Waals surface area contributed by atoms with Crippen LogP contribution in [0.1, 0.15) is 19.8 Å². The van der Waals surface area contributed by atoms with Crippen molar-refractivity contribution < 1.29 is 19.4 Å². The molecule has 0 aromatic rings. The molecule has 0 atom stereocenters. The molecule has 0 aromatic carbocycles. The van der Waals surface area contributed by atoms with Gasteiger partial charge in [-0.2, -0.15) is 0 Å². The lowest BCUT2D eigenvalue weighted by Crippen LogP contribution is -2.44. The van der Waals surface area contributed by atoms with Crippen LogP contribution in [0.4, 0.5) is 0 Å². The molecule has 0 aromatic heterocycles. The highest BCUT2D eigenvalue weighted by Crippen LogP contribution is 2.17. The number of carbonyl (C=O) groups excluding carboxylic acids is 1. The summed E-state index contributed by atoms with van der Waals surface area (Å²) < 4.78 is 5.24. The van der Waals surface area contributed by atoms with Crippen LogP contribution < -0.4 is 0 Å². The van der Waals surface area contributed by atoms with Crippen molar-refractivity contribution in [2.45, 2.75) is 19.8 Å². The Bertz CT molecular complexity index is 301. The summed E-state index contributed by atoms with van der Waals surface area (Å²) in [5, 5.41) is 8.90. The first-order valence-corrected chi connectivity index (χ1v) is 6.81. The lowest BCUT2D eigenvalue weighted by molar-refractivity contribution is -0.145. The second-order valence-electron chi connectivity index (χ2n) is 4.93. The van der Waals surface area contributed by atoms with Gasteiger partial charge in [0.1, 0.15) is 0 Å². The van der Waals surface area contributed by atoms with Crippen LogP contribution in [0.2, 0.25) is 0 Å². The number of likely N-dealkylation sites (tertiary alicyclic amines) is 1. The quantitative estimate of drug-likeness (QED) is 0.674. The Morgan fingerprint density at radius 3 is 2.53 bits per heavy atom. The van der Waals surface area contributed by atoms with E-state index in [1.54, 1.807) is 4.90 Å². The molecule has 1 heterocycles. The van der Waals surface area contributed by atoms with Crippen molar-refractivity contribution in [2.75, 3.05) is 46.4 Å². The van der Waals surface area contributed by atoms with E-state index in [2.05, 4.69) is 0 Å². The van der Waals surface area contributed by atoms with Gasteiger partial charge >= 0.3 is 5.97 Å². The average molecular weight is 272 g/mol. The number of hydrogen-bond donors (Lipinski definition) is 1. The monoisotopic (exact) mass is 272 g/mol. The highest BCUT2D eigenvalue weighted by molar-refractivity contribution is 5.78. The fourth-order valence-corrected chi connectivity index (χ4v) is 2.15. The van der Waals surface area contributed by atoms with Gasteiger partial charge < -0.3 is 14.7 Å². The Hall–Kier alpha value is -1.14. The minimum absolute atomic E-state index is 0.0721. The second-order valence-corrected chi connectivity index (χ2v) is 4.93. The second kappa shape index (κ2) is 8.12. The lowest BCUT2D eigenvalue weighted by atomic mass is 9.97. The SMILES string of the molecule is CCOCCN(C)CC(=O)N1CCC(C(=O)O)CC1. The van der Waals surface area contributed by atoms with Crippen LogP contribution >= 0.6 is 0 Å². The predicted octanol–water partition coefficient (Wildman–Crippen LogP) is 0.278. The Kier molecular flexibility index (Phi) is 6.80. The van der Waals surface area contributed by atoms with Crippen molar-refractivity contribution in [3.05, 3.63) is 0 Å². The molecule has 0 unspecified atom stereocenters. The highest BCUT2D eigenvalue weighted by Gasteiger charge is 2.27. The van der Waals surface area contributed by atoms with Gasteiger partial charge in [-0.3, -0.25) is 14.5 Å². The van der Waals surface area contributed by atoms with Crippen molar-refractivity contribution >= 4 is 11.9 Å². The van der Waals surface area contributed by atoms with Gasteiger partial charge in [-0.15, -0.1) is 0 Å². The number of piperidine rings is 1. The summed E-state index contributed by atoms with van der Waals surface area (Å²) >= 11 is 0. The van der Waals surface area contributed by atoms with Crippen LogP contribution in [-0.2, 0) is 14.3 Å². The van der Waals surface area contributed by atoms with Crippen LogP contribution in [-0.4, -0.2) is 73.2 Å². The van der Waals surface area contributed by atoms with Gasteiger partial charge in [-0.25, -0.2) is 0 Å². The zero-order valence-electron chi connectivity index (χ0n) is 11.8. The normalized spacial score (nSPS) is 16.9. The van der Waals surface area contributed by atoms with E-state index < -0.39 is 5.97 Å². The summed E-state index contributed by atoms with van der Waals surface area (Å²) in [5.41, 5.74) is 0. The molecule has 0 radical (unpaired) electrons. The van der Waals surface area contributed by atoms with E-state index in [1.807, 2.05) is 18.9 Å². The third-order valence-electron chi connectivity index (χ3n) is 3.42. The molecule has 1 aliphatic rings. The van der Waals surface area contributed by atoms with Crippen LogP contribution in [0, 0.1) is 5.92 Å². The summed E-state index contributed by atoms with van der Waals surface area (Å²) in [4.78, 5) is 26.5. The molecule has 1 N–H and O–H groups in total. The summed E-state index contributed by atoms with van der Waals surface area (Å²) in [7, 11) is 1.89. The summed E-state index contributed by atoms with van der Waals surface area (Å²) in [5.74, 6) is -0.969. The van der Waals surface area contributed by atoms with E-state index >= 15 is 0 Å². The van der Waals surface area contributed by atoms with Crippen molar-refractivity contribution in [2.24, 2.45) is 5.92 Å². The number of carboxylic acid groups (broad SMARTS) is 1. The van der Waals surface area contributed by atoms with Crippen LogP contribution in [0.3, 0.4) is 0 Å². The number of carboxylic acids is 1. The summed E-state index contributed by atoms with van der Waals surface area (Å²) in [6, 6.07) is 0. The Labute approximate surface area is 114 Å². The topological polar surface area (TPSA) is 70.1 Å². The molecule has 0 saturated carbocycles. The number of rotatable bonds is 7. The first-order valence-electron chi connectivity index (χ1n) is 6.81. The Morgan fingerprint density at radius 1 is 1.37 bits per heavy atom. The third-order valence-corrected chi connectivity index (χ3v) is 3.42. The van der Waals surface area contributed by atoms with Crippen molar-refractivity contribution in [1.82, 2.24) is 9.80 Å². The first kappa shape index (κ1) is 15.9. The molecular formula is C13H24N2O4. The number of nitrogens with zero attached hydrogens (tertiary/aromatic N) is 2. The van der Waals surface area contributed by atoms with Crippen molar-refractivity contribution in [3.8, 4) is 0 Å². The molecule has 1 amide bonds. The maximum Gasteiger partial charge on any atom is 0.306 e. The van der Waals surface area contributed by atoms with Gasteiger partial charge in [-0.05, 0) is 26.8 Å². The molecule has 1 saturated heterocycles. The molecule has 0 spiro atoms. The molecule has 1 fully saturated rings. The van der Waals surface area contributed by atoms with Crippen molar-refractivity contribution in [1.29, 1.82) is 0 Å². The smallest absolute Gasteiger partial charge is 0.306 e. The molecular weight excluding hydrogens is 248 g/mol. The lowest BCUT2D eigenvalue weighted by Gasteiger charge is -2.31. The molecule has 6 heteroatoms. The third kappa shape index (κ3) is 5.57. The van der Waals surface area contributed by atoms with Crippen molar-refractivity contribution in [3.63, 3.8) is 0 Å². The van der Waals surface area contributed by atoms with Gasteiger partial charge in [0, 0.05) is 26.2 Å². The fraction of sp³-hybridized carbons (Fsp3) is 0.846. The zero-order valence-corrected chi connectivity index (χ0v) is 11.8. The number of hydrogen-bond acceptors (Lipinski definition) is 4. The van der Waals surface area contributed by atoms with E-state index in [0.717, 1.165) is 6.54 Å². The van der Waals surface area contributed by atoms with Crippen LogP contribution in [0.5, 0.6) is 0 Å². The maximum absolute atomic E-state index is 12.0. The first-order chi connectivity index (χ1) is 9.04. The minimum Gasteiger partial charge on any atom is -0.481 e. The summed E-state index contributed by atoms with van der Waals surface area (Å²) in [6.45, 7) is 5.45. The largest absolute Gasteiger partial charge is 0.481 e. The number of ether oxygens (including phenoxy) is 1. The number of likely N-dealkylation sites (N-methyl/N-ethyl adjacent to an activating group) is 1. The molecule has 1 aliphatic heterocycles. The van der Waals surface area contributed by atoms with Crippen LogP contribution in [0.15, 0.2) is 0 Å². The van der Waals surface area contributed by atoms with Gasteiger partial charge in [0.25, 0.3) is 0 Å². The molecule has 0 aliphatic carbocycles. The number of carbonyl (C=O) groups is 2. The number of aliphatic carboxylic acids is 1. The van der Waals surface area contributed by atoms with Gasteiger partial charge in [0.2, 0.25) is 5.91 Å².